The molecule has 8 heteroatoms. The first-order valence-corrected chi connectivity index (χ1v) is 16.3. The summed E-state index contributed by atoms with van der Waals surface area (Å²) in [6, 6.07) is 0. The van der Waals surface area contributed by atoms with Gasteiger partial charge in [0.25, 0.3) is 0 Å². The number of rotatable bonds is 2. The molecule has 136 valence electrons. The molecule has 1 aliphatic heterocycles. The smallest absolute Gasteiger partial charge is 0.160 e. The van der Waals surface area contributed by atoms with E-state index in [1.54, 1.807) is 10.8 Å². The van der Waals surface area contributed by atoms with Gasteiger partial charge < -0.3 is 11.5 Å². The van der Waals surface area contributed by atoms with Gasteiger partial charge in [0.05, 0.1) is 0 Å². The molecule has 0 aromatic rings. The lowest BCUT2D eigenvalue weighted by Crippen LogP contribution is -2.51. The van der Waals surface area contributed by atoms with Crippen molar-refractivity contribution in [2.45, 2.75) is 61.9 Å². The number of hydrogen-bond acceptors (Lipinski definition) is 5. The van der Waals surface area contributed by atoms with E-state index in [0.717, 1.165) is 11.8 Å². The van der Waals surface area contributed by atoms with Crippen LogP contribution in [-0.2, 0) is 0 Å². The summed E-state index contributed by atoms with van der Waals surface area (Å²) in [5.74, 6) is 3.10. The predicted molar refractivity (Wildman–Crippen MR) is 113 cm³/mol. The number of hydrogen-bond donors (Lipinski definition) is 4. The minimum Gasteiger partial charge on any atom is -0.379 e. The van der Waals surface area contributed by atoms with Crippen LogP contribution in [0.4, 0.5) is 0 Å². The Balaban J connectivity index is 1.71. The van der Waals surface area contributed by atoms with Crippen LogP contribution in [0.25, 0.3) is 0 Å². The molecule has 6 unspecified atom stereocenters. The summed E-state index contributed by atoms with van der Waals surface area (Å²) in [7, 11) is 5.50. The van der Waals surface area contributed by atoms with Gasteiger partial charge in [-0.3, -0.25) is 10.8 Å². The molecule has 4 aliphatic carbocycles. The SMILES string of the molecule is N=C(N)SS1(C(=N)N)(C2CC3CCC2C3)(C2CC3CCC2C3)SS1. The van der Waals surface area contributed by atoms with E-state index in [1.165, 1.54) is 51.4 Å². The average Bonchev–Trinajstić information content (AvgIpc) is 3.10. The molecule has 5 fully saturated rings. The summed E-state index contributed by atoms with van der Waals surface area (Å²) < 4.78 is 0. The monoisotopic (exact) mass is 404 g/mol. The fraction of sp³-hybridized carbons (Fsp3) is 0.875. The van der Waals surface area contributed by atoms with Crippen molar-refractivity contribution >= 4 is 46.2 Å². The van der Waals surface area contributed by atoms with Gasteiger partial charge in [-0.05, 0) is 92.6 Å². The van der Waals surface area contributed by atoms with Crippen molar-refractivity contribution in [3.63, 3.8) is 0 Å². The highest BCUT2D eigenvalue weighted by atomic mass is 34.3. The van der Waals surface area contributed by atoms with E-state index in [9.17, 15) is 0 Å². The molecular weight excluding hydrogens is 376 g/mol. The molecule has 6 atom stereocenters. The molecule has 0 amide bonds. The van der Waals surface area contributed by atoms with Crippen molar-refractivity contribution in [3.8, 4) is 0 Å². The van der Waals surface area contributed by atoms with Crippen LogP contribution in [0.3, 0.4) is 0 Å². The summed E-state index contributed by atoms with van der Waals surface area (Å²) >= 11 is 0. The highest BCUT2D eigenvalue weighted by Crippen LogP contribution is 3.32. The fourth-order valence-corrected chi connectivity index (χ4v) is 36.3. The van der Waals surface area contributed by atoms with Crippen molar-refractivity contribution in [1.82, 2.24) is 0 Å². The van der Waals surface area contributed by atoms with Gasteiger partial charge in [0.1, 0.15) is 5.17 Å². The molecule has 4 bridgehead atoms. The van der Waals surface area contributed by atoms with Gasteiger partial charge in [-0.1, -0.05) is 18.2 Å². The Hall–Kier alpha value is 0.340. The Morgan fingerprint density at radius 2 is 1.33 bits per heavy atom. The third-order valence-electron chi connectivity index (χ3n) is 7.91. The number of nitrogens with one attached hydrogen (secondary N) is 2. The van der Waals surface area contributed by atoms with Gasteiger partial charge in [0, 0.05) is 10.5 Å². The van der Waals surface area contributed by atoms with Gasteiger partial charge >= 0.3 is 0 Å². The van der Waals surface area contributed by atoms with Gasteiger partial charge in [-0.2, -0.15) is 0 Å². The number of amidine groups is 2. The van der Waals surface area contributed by atoms with E-state index in [4.69, 9.17) is 22.3 Å². The molecule has 0 aromatic carbocycles. The molecule has 6 N–H and O–H groups in total. The minimum absolute atomic E-state index is 0.204. The second-order valence-electron chi connectivity index (χ2n) is 8.78. The molecule has 24 heavy (non-hydrogen) atoms. The lowest BCUT2D eigenvalue weighted by Gasteiger charge is -2.69. The van der Waals surface area contributed by atoms with Crippen molar-refractivity contribution < 1.29 is 0 Å². The first-order chi connectivity index (χ1) is 11.4. The third-order valence-corrected chi connectivity index (χ3v) is 34.6. The molecule has 0 spiro atoms. The number of fused-ring (bicyclic) bond motifs is 4. The zero-order chi connectivity index (χ0) is 16.8. The van der Waals surface area contributed by atoms with Gasteiger partial charge in [-0.25, -0.2) is 0 Å². The van der Waals surface area contributed by atoms with Crippen LogP contribution in [-0.4, -0.2) is 20.8 Å². The lowest BCUT2D eigenvalue weighted by molar-refractivity contribution is 0.466. The molecule has 5 rings (SSSR count). The quantitative estimate of drug-likeness (QED) is 0.227. The summed E-state index contributed by atoms with van der Waals surface area (Å²) in [6.45, 7) is 0. The molecule has 1 saturated heterocycles. The summed E-state index contributed by atoms with van der Waals surface area (Å²) in [4.78, 5) is 0. The Morgan fingerprint density at radius 1 is 0.833 bits per heavy atom. The molecular formula is C16H28N4S4. The lowest BCUT2D eigenvalue weighted by atomic mass is 10.00. The van der Waals surface area contributed by atoms with Crippen molar-refractivity contribution in [3.05, 3.63) is 0 Å². The molecule has 4 saturated carbocycles. The first kappa shape index (κ1) is 16.5. The average molecular weight is 405 g/mol. The van der Waals surface area contributed by atoms with Crippen molar-refractivity contribution in [1.29, 1.82) is 10.8 Å². The van der Waals surface area contributed by atoms with Gasteiger partial charge in [0.15, 0.2) is 5.17 Å². The van der Waals surface area contributed by atoms with Gasteiger partial charge in [0.2, 0.25) is 0 Å². The van der Waals surface area contributed by atoms with Crippen LogP contribution in [0, 0.1) is 34.5 Å². The van der Waals surface area contributed by atoms with Crippen LogP contribution < -0.4 is 11.5 Å². The minimum atomic E-state index is -3.14. The molecule has 1 heterocycles. The van der Waals surface area contributed by atoms with E-state index >= 15 is 0 Å². The Labute approximate surface area is 153 Å². The Bertz CT molecular complexity index is 628. The largest absolute Gasteiger partial charge is 0.379 e. The maximum atomic E-state index is 8.95. The molecule has 0 radical (unpaired) electrons. The highest BCUT2D eigenvalue weighted by Gasteiger charge is 2.89. The molecule has 0 aromatic heterocycles. The second kappa shape index (κ2) is 4.60. The summed E-state index contributed by atoms with van der Waals surface area (Å²) in [5, 5.41) is 15.7. The molecule has 5 aliphatic rings. The van der Waals surface area contributed by atoms with E-state index in [-0.39, 0.29) is 5.17 Å². The first-order valence-electron chi connectivity index (χ1n) is 9.19. The van der Waals surface area contributed by atoms with Crippen molar-refractivity contribution in [2.24, 2.45) is 35.1 Å². The van der Waals surface area contributed by atoms with Crippen LogP contribution >= 0.6 is 35.8 Å². The Kier molecular flexibility index (Phi) is 3.16. The summed E-state index contributed by atoms with van der Waals surface area (Å²) in [5.41, 5.74) is 12.7. The van der Waals surface area contributed by atoms with Gasteiger partial charge in [-0.15, -0.1) is 0 Å². The zero-order valence-electron chi connectivity index (χ0n) is 13.9. The molecule has 4 nitrogen and oxygen atoms in total. The topological polar surface area (TPSA) is 99.7 Å². The highest BCUT2D eigenvalue weighted by molar-refractivity contribution is 9.98. The fourth-order valence-electron chi connectivity index (χ4n) is 7.00. The second-order valence-corrected chi connectivity index (χ2v) is 27.7. The van der Waals surface area contributed by atoms with E-state index in [1.807, 2.05) is 19.7 Å². The third kappa shape index (κ3) is 1.58. The zero-order valence-corrected chi connectivity index (χ0v) is 17.2. The summed E-state index contributed by atoms with van der Waals surface area (Å²) in [6.07, 6.45) is 10.5. The maximum absolute atomic E-state index is 8.95. The van der Waals surface area contributed by atoms with Crippen LogP contribution in [0.5, 0.6) is 0 Å². The van der Waals surface area contributed by atoms with Crippen molar-refractivity contribution in [2.75, 3.05) is 0 Å². The van der Waals surface area contributed by atoms with Crippen LogP contribution in [0.15, 0.2) is 0 Å². The predicted octanol–water partition coefficient (Wildman–Crippen LogP) is 4.90. The van der Waals surface area contributed by atoms with E-state index < -0.39 is 5.39 Å². The van der Waals surface area contributed by atoms with Crippen LogP contribution in [0.1, 0.15) is 51.4 Å². The van der Waals surface area contributed by atoms with E-state index in [0.29, 0.717) is 27.5 Å². The maximum Gasteiger partial charge on any atom is 0.160 e. The number of nitrogens with two attached hydrogens (primary N) is 2. The standard InChI is InChI=1S/C16H28N4S4/c17-15(18)21-24(16(19)20,22-23-24,13-7-9-1-3-11(13)5-9)14-8-10-2-4-12(14)6-10/h9-14H,1-8H2,(H3,17,18)(H3,19,20). The Morgan fingerprint density at radius 3 is 1.58 bits per heavy atom. The normalized spacial score (nSPS) is 51.3. The van der Waals surface area contributed by atoms with E-state index in [2.05, 4.69) is 0 Å². The van der Waals surface area contributed by atoms with Crippen LogP contribution in [0.2, 0.25) is 0 Å².